The summed E-state index contributed by atoms with van der Waals surface area (Å²) in [5, 5.41) is -0.113. The van der Waals surface area contributed by atoms with Crippen molar-refractivity contribution < 1.29 is 14.2 Å². The van der Waals surface area contributed by atoms with Gasteiger partial charge in [0, 0.05) is 35.0 Å². The molecule has 1 fully saturated rings. The van der Waals surface area contributed by atoms with Gasteiger partial charge in [-0.2, -0.15) is 37.9 Å². The largest absolute Gasteiger partial charge is 0.326 e. The molecule has 3 aromatic carbocycles. The van der Waals surface area contributed by atoms with Crippen molar-refractivity contribution in [1.82, 2.24) is 0 Å². The van der Waals surface area contributed by atoms with Crippen molar-refractivity contribution in [2.75, 3.05) is 6.79 Å². The van der Waals surface area contributed by atoms with Gasteiger partial charge < -0.3 is 14.2 Å². The second kappa shape index (κ2) is 11.8. The summed E-state index contributed by atoms with van der Waals surface area (Å²) in [6, 6.07) is 30.6. The van der Waals surface area contributed by atoms with Crippen molar-refractivity contribution >= 4 is 37.9 Å². The fourth-order valence-corrected chi connectivity index (χ4v) is 5.35. The Morgan fingerprint density at radius 3 is 1.55 bits per heavy atom. The lowest BCUT2D eigenvalue weighted by Gasteiger charge is -2.43. The van der Waals surface area contributed by atoms with Crippen LogP contribution in [0.1, 0.15) is 51.7 Å². The molecule has 3 nitrogen and oxygen atoms in total. The fourth-order valence-electron chi connectivity index (χ4n) is 4.11. The van der Waals surface area contributed by atoms with Gasteiger partial charge in [0.25, 0.3) is 0 Å². The number of benzene rings is 3. The van der Waals surface area contributed by atoms with Crippen molar-refractivity contribution in [2.45, 2.75) is 47.1 Å². The van der Waals surface area contributed by atoms with Crippen LogP contribution in [0.3, 0.4) is 0 Å². The molecule has 0 N–H and O–H groups in total. The van der Waals surface area contributed by atoms with E-state index in [1.807, 2.05) is 54.6 Å². The molecule has 1 aliphatic heterocycles. The molecule has 3 aromatic rings. The topological polar surface area (TPSA) is 27.7 Å². The Morgan fingerprint density at radius 1 is 0.667 bits per heavy atom. The van der Waals surface area contributed by atoms with Gasteiger partial charge in [0.15, 0.2) is 18.9 Å². The predicted molar refractivity (Wildman–Crippen MR) is 143 cm³/mol. The third kappa shape index (κ3) is 6.81. The van der Waals surface area contributed by atoms with Gasteiger partial charge in [-0.3, -0.25) is 0 Å². The monoisotopic (exact) mass is 498 g/mol. The minimum atomic E-state index is -0.877. The molecule has 0 bridgehead atoms. The van der Waals surface area contributed by atoms with Gasteiger partial charge >= 0.3 is 0 Å². The van der Waals surface area contributed by atoms with Crippen LogP contribution in [0.5, 0.6) is 0 Å². The van der Waals surface area contributed by atoms with Crippen LogP contribution in [0.2, 0.25) is 0 Å². The van der Waals surface area contributed by atoms with Crippen molar-refractivity contribution in [3.63, 3.8) is 0 Å². The normalized spacial score (nSPS) is 23.5. The summed E-state index contributed by atoms with van der Waals surface area (Å²) in [7, 11) is 0. The Labute approximate surface area is 213 Å². The molecule has 4 rings (SSSR count). The number of hydrogen-bond acceptors (Lipinski definition) is 6. The molecule has 1 heterocycles. The van der Waals surface area contributed by atoms with E-state index in [0.29, 0.717) is 19.3 Å². The Kier molecular flexibility index (Phi) is 8.85. The summed E-state index contributed by atoms with van der Waals surface area (Å²) in [6.07, 6.45) is 1.33. The molecule has 0 spiro atoms. The molecule has 0 radical (unpaired) electrons. The standard InChI is InChI=1S/C27H30O3S3/c31-23(20-10-4-1-5-11-20)16-26-28-19-29-27(30-26,17-24(32)21-12-6-2-7-13-21)18-25(33)22-14-8-3-9-15-22/h1-15,23-26,31-33H,16-19H2. The molecule has 4 atom stereocenters. The minimum absolute atomic E-state index is 0.00570. The van der Waals surface area contributed by atoms with E-state index in [1.165, 1.54) is 0 Å². The van der Waals surface area contributed by atoms with Gasteiger partial charge in [-0.1, -0.05) is 91.0 Å². The average molecular weight is 499 g/mol. The lowest BCUT2D eigenvalue weighted by molar-refractivity contribution is -0.401. The molecule has 0 aliphatic carbocycles. The number of thiol groups is 3. The Morgan fingerprint density at radius 2 is 1.09 bits per heavy atom. The first-order valence-corrected chi connectivity index (χ1v) is 12.7. The smallest absolute Gasteiger partial charge is 0.177 e. The van der Waals surface area contributed by atoms with E-state index in [4.69, 9.17) is 52.1 Å². The highest BCUT2D eigenvalue weighted by atomic mass is 32.1. The van der Waals surface area contributed by atoms with E-state index in [2.05, 4.69) is 36.4 Å². The van der Waals surface area contributed by atoms with Crippen LogP contribution in [0.25, 0.3) is 0 Å². The zero-order chi connectivity index (χ0) is 23.1. The van der Waals surface area contributed by atoms with Gasteiger partial charge in [-0.15, -0.1) is 0 Å². The molecular formula is C27H30O3S3. The number of hydrogen-bond donors (Lipinski definition) is 3. The van der Waals surface area contributed by atoms with E-state index >= 15 is 0 Å². The van der Waals surface area contributed by atoms with E-state index in [0.717, 1.165) is 16.7 Å². The predicted octanol–water partition coefficient (Wildman–Crippen LogP) is 7.21. The zero-order valence-corrected chi connectivity index (χ0v) is 21.0. The molecule has 174 valence electrons. The number of rotatable bonds is 9. The highest BCUT2D eigenvalue weighted by molar-refractivity contribution is 7.80. The van der Waals surface area contributed by atoms with E-state index in [1.54, 1.807) is 0 Å². The SMILES string of the molecule is SC(CC1OCOC(CC(S)c2ccccc2)(CC(S)c2ccccc2)O1)c1ccccc1. The molecule has 1 aliphatic rings. The van der Waals surface area contributed by atoms with E-state index in [-0.39, 0.29) is 22.5 Å². The molecule has 1 saturated heterocycles. The molecule has 0 saturated carbocycles. The zero-order valence-electron chi connectivity index (χ0n) is 18.4. The van der Waals surface area contributed by atoms with Gasteiger partial charge in [-0.25, -0.2) is 0 Å². The maximum atomic E-state index is 6.56. The van der Waals surface area contributed by atoms with E-state index in [9.17, 15) is 0 Å². The second-order valence-electron chi connectivity index (χ2n) is 8.31. The average Bonchev–Trinajstić information content (AvgIpc) is 2.85. The Hall–Kier alpha value is -1.41. The number of ether oxygens (including phenoxy) is 3. The molecule has 33 heavy (non-hydrogen) atoms. The lowest BCUT2D eigenvalue weighted by Crippen LogP contribution is -2.47. The summed E-state index contributed by atoms with van der Waals surface area (Å²) in [4.78, 5) is 0. The highest BCUT2D eigenvalue weighted by Crippen LogP contribution is 2.43. The molecular weight excluding hydrogens is 468 g/mol. The van der Waals surface area contributed by atoms with Crippen molar-refractivity contribution in [2.24, 2.45) is 0 Å². The minimum Gasteiger partial charge on any atom is -0.326 e. The van der Waals surface area contributed by atoms with Crippen LogP contribution in [-0.4, -0.2) is 18.9 Å². The van der Waals surface area contributed by atoms with Gasteiger partial charge in [-0.05, 0) is 16.7 Å². The van der Waals surface area contributed by atoms with Crippen molar-refractivity contribution in [3.8, 4) is 0 Å². The van der Waals surface area contributed by atoms with Gasteiger partial charge in [0.2, 0.25) is 0 Å². The van der Waals surface area contributed by atoms with Gasteiger partial charge in [0.05, 0.1) is 0 Å². The van der Waals surface area contributed by atoms with E-state index < -0.39 is 12.1 Å². The van der Waals surface area contributed by atoms with Crippen LogP contribution < -0.4 is 0 Å². The van der Waals surface area contributed by atoms with Crippen LogP contribution in [-0.2, 0) is 14.2 Å². The van der Waals surface area contributed by atoms with Crippen LogP contribution >= 0.6 is 37.9 Å². The summed E-state index contributed by atoms with van der Waals surface area (Å²) in [5.74, 6) is -0.877. The summed E-state index contributed by atoms with van der Waals surface area (Å²) < 4.78 is 18.6. The van der Waals surface area contributed by atoms with Crippen LogP contribution in [0.15, 0.2) is 91.0 Å². The Balaban J connectivity index is 1.53. The first-order chi connectivity index (χ1) is 16.0. The first-order valence-electron chi connectivity index (χ1n) is 11.2. The maximum Gasteiger partial charge on any atom is 0.177 e. The van der Waals surface area contributed by atoms with Crippen molar-refractivity contribution in [1.29, 1.82) is 0 Å². The summed E-state index contributed by atoms with van der Waals surface area (Å²) >= 11 is 14.6. The first kappa shape index (κ1) is 24.7. The van der Waals surface area contributed by atoms with Crippen molar-refractivity contribution in [3.05, 3.63) is 108 Å². The second-order valence-corrected chi connectivity index (χ2v) is 10.2. The van der Waals surface area contributed by atoms with Gasteiger partial charge in [0.1, 0.15) is 0 Å². The summed E-state index contributed by atoms with van der Waals surface area (Å²) in [5.41, 5.74) is 3.39. The molecule has 0 amide bonds. The highest BCUT2D eigenvalue weighted by Gasteiger charge is 2.43. The van der Waals surface area contributed by atoms with Crippen LogP contribution in [0.4, 0.5) is 0 Å². The lowest BCUT2D eigenvalue weighted by atomic mass is 9.96. The maximum absolute atomic E-state index is 6.56. The fraction of sp³-hybridized carbons (Fsp3) is 0.333. The summed E-state index contributed by atoms with van der Waals surface area (Å²) in [6.45, 7) is 0.157. The third-order valence-electron chi connectivity index (χ3n) is 5.90. The Bertz CT molecular complexity index is 924. The molecule has 0 aromatic heterocycles. The third-order valence-corrected chi connectivity index (χ3v) is 7.37. The van der Waals surface area contributed by atoms with Crippen LogP contribution in [0, 0.1) is 0 Å². The molecule has 6 heteroatoms. The quantitative estimate of drug-likeness (QED) is 0.272. The molecule has 4 unspecified atom stereocenters.